The van der Waals surface area contributed by atoms with Crippen molar-refractivity contribution in [2.24, 2.45) is 5.73 Å². The summed E-state index contributed by atoms with van der Waals surface area (Å²) in [6.07, 6.45) is -7.17. The van der Waals surface area contributed by atoms with Gasteiger partial charge in [0.15, 0.2) is 0 Å². The van der Waals surface area contributed by atoms with Crippen LogP contribution in [0, 0.1) is 0 Å². The van der Waals surface area contributed by atoms with E-state index < -0.39 is 23.5 Å². The van der Waals surface area contributed by atoms with Crippen LogP contribution in [0.25, 0.3) is 0 Å². The van der Waals surface area contributed by atoms with E-state index in [1.807, 2.05) is 0 Å². The molecule has 0 saturated heterocycles. The number of aryl methyl sites for hydroxylation is 2. The Balaban J connectivity index is 0.00000242. The zero-order valence-electron chi connectivity index (χ0n) is 18.4. The van der Waals surface area contributed by atoms with Crippen molar-refractivity contribution >= 4 is 9.47 Å². The van der Waals surface area contributed by atoms with E-state index in [1.54, 1.807) is 13.0 Å². The van der Waals surface area contributed by atoms with Crippen molar-refractivity contribution in [3.05, 3.63) is 64.7 Å². The second-order valence-electron chi connectivity index (χ2n) is 6.99. The molecular formula is C22H30F6NO3P. The van der Waals surface area contributed by atoms with Gasteiger partial charge in [0.2, 0.25) is 0 Å². The van der Waals surface area contributed by atoms with Gasteiger partial charge in [-0.25, -0.2) is 0 Å². The van der Waals surface area contributed by atoms with Gasteiger partial charge in [-0.3, -0.25) is 0 Å². The quantitative estimate of drug-likeness (QED) is 0.258. The number of nitrogens with two attached hydrogens (primary N) is 1. The van der Waals surface area contributed by atoms with E-state index in [9.17, 15) is 26.3 Å². The normalized spacial score (nSPS) is 12.1. The summed E-state index contributed by atoms with van der Waals surface area (Å²) in [4.78, 5) is 6.92. The van der Waals surface area contributed by atoms with Gasteiger partial charge in [0.25, 0.3) is 0 Å². The molecule has 0 fully saturated rings. The Hall–Kier alpha value is -1.87. The van der Waals surface area contributed by atoms with Gasteiger partial charge in [-0.15, -0.1) is 0 Å². The van der Waals surface area contributed by atoms with E-state index in [2.05, 4.69) is 0 Å². The van der Waals surface area contributed by atoms with Gasteiger partial charge in [0.05, 0.1) is 17.7 Å². The Morgan fingerprint density at radius 3 is 1.91 bits per heavy atom. The highest BCUT2D eigenvalue weighted by Crippen LogP contribution is 2.37. The van der Waals surface area contributed by atoms with E-state index in [-0.39, 0.29) is 18.4 Å². The average Bonchev–Trinajstić information content (AvgIpc) is 2.77. The van der Waals surface area contributed by atoms with E-state index in [1.165, 1.54) is 27.7 Å². The van der Waals surface area contributed by atoms with Crippen molar-refractivity contribution in [1.29, 1.82) is 0 Å². The summed E-state index contributed by atoms with van der Waals surface area (Å²) in [5, 5.41) is 7.00. The SMILES string of the molecule is CC(N)CCc1ccc(OCCCc2ccc(C(F)(F)F)cc2)c(C(F)(F)F)c1.CO.OP. The maximum Gasteiger partial charge on any atom is 0.419 e. The number of hydrogen-bond acceptors (Lipinski definition) is 4. The number of aliphatic hydroxyl groups excluding tert-OH is 1. The van der Waals surface area contributed by atoms with Gasteiger partial charge in [0, 0.05) is 13.2 Å². The first kappa shape index (κ1) is 31.1. The van der Waals surface area contributed by atoms with Crippen LogP contribution in [-0.2, 0) is 25.2 Å². The molecule has 4 nitrogen and oxygen atoms in total. The lowest BCUT2D eigenvalue weighted by Gasteiger charge is -2.16. The van der Waals surface area contributed by atoms with Crippen molar-refractivity contribution < 1.29 is 41.1 Å². The molecule has 11 heteroatoms. The standard InChI is InChI=1S/C21H23F6NO.CH4O.H3OP/c1-14(28)4-5-16-8-11-19(18(13-16)21(25,26)27)29-12-2-3-15-6-9-17(10-7-15)20(22,23)24;2*1-2/h6-11,13-14H,2-5,12,28H2,1H3;2H,1H3;1H,2H2. The van der Waals surface area contributed by atoms with Crippen LogP contribution in [0.5, 0.6) is 5.75 Å². The summed E-state index contributed by atoms with van der Waals surface area (Å²) in [5.74, 6) is -0.255. The van der Waals surface area contributed by atoms with Crippen molar-refractivity contribution in [1.82, 2.24) is 0 Å². The molecule has 0 aliphatic carbocycles. The van der Waals surface area contributed by atoms with Gasteiger partial charge >= 0.3 is 12.4 Å². The number of halogens is 6. The molecule has 188 valence electrons. The second-order valence-corrected chi connectivity index (χ2v) is 6.99. The maximum atomic E-state index is 13.3. The number of hydrogen-bond donors (Lipinski definition) is 3. The zero-order chi connectivity index (χ0) is 25.7. The average molecular weight is 501 g/mol. The van der Waals surface area contributed by atoms with Crippen LogP contribution in [0.1, 0.15) is 42.0 Å². The molecule has 0 saturated carbocycles. The molecule has 0 spiro atoms. The fraction of sp³-hybridized carbons (Fsp3) is 0.455. The van der Waals surface area contributed by atoms with Crippen LogP contribution >= 0.6 is 9.47 Å². The summed E-state index contributed by atoms with van der Waals surface area (Å²) in [6.45, 7) is 1.81. The number of benzene rings is 2. The smallest absolute Gasteiger partial charge is 0.419 e. The predicted octanol–water partition coefficient (Wildman–Crippen LogP) is 5.39. The summed E-state index contributed by atoms with van der Waals surface area (Å²) < 4.78 is 83.0. The topological polar surface area (TPSA) is 75.7 Å². The van der Waals surface area contributed by atoms with Gasteiger partial charge in [-0.1, -0.05) is 18.2 Å². The third-order valence-electron chi connectivity index (χ3n) is 4.39. The fourth-order valence-electron chi connectivity index (χ4n) is 2.79. The Labute approximate surface area is 192 Å². The molecule has 2 atom stereocenters. The van der Waals surface area contributed by atoms with Gasteiger partial charge in [-0.05, 0) is 77.5 Å². The predicted molar refractivity (Wildman–Crippen MR) is 119 cm³/mol. The molecule has 33 heavy (non-hydrogen) atoms. The number of ether oxygens (including phenoxy) is 1. The summed E-state index contributed by atoms with van der Waals surface area (Å²) in [6, 6.07) is 8.55. The molecule has 2 unspecified atom stereocenters. The third-order valence-corrected chi connectivity index (χ3v) is 4.39. The Morgan fingerprint density at radius 1 is 0.879 bits per heavy atom. The highest BCUT2D eigenvalue weighted by Gasteiger charge is 2.34. The maximum absolute atomic E-state index is 13.3. The van der Waals surface area contributed by atoms with E-state index >= 15 is 0 Å². The molecule has 0 bridgehead atoms. The first-order valence-electron chi connectivity index (χ1n) is 9.92. The molecule has 2 aromatic carbocycles. The fourth-order valence-corrected chi connectivity index (χ4v) is 2.79. The lowest BCUT2D eigenvalue weighted by Crippen LogP contribution is -2.16. The van der Waals surface area contributed by atoms with E-state index in [0.29, 0.717) is 36.8 Å². The van der Waals surface area contributed by atoms with Crippen LogP contribution < -0.4 is 10.5 Å². The Morgan fingerprint density at radius 2 is 1.42 bits per heavy atom. The van der Waals surface area contributed by atoms with Gasteiger partial charge < -0.3 is 20.5 Å². The Kier molecular flexibility index (Phi) is 14.3. The second kappa shape index (κ2) is 15.1. The molecule has 2 rings (SSSR count). The molecule has 4 N–H and O–H groups in total. The first-order chi connectivity index (χ1) is 15.5. The van der Waals surface area contributed by atoms with Crippen LogP contribution in [0.15, 0.2) is 42.5 Å². The van der Waals surface area contributed by atoms with Crippen LogP contribution in [0.4, 0.5) is 26.3 Å². The minimum Gasteiger partial charge on any atom is -0.493 e. The summed E-state index contributed by atoms with van der Waals surface area (Å²) >= 11 is 0. The summed E-state index contributed by atoms with van der Waals surface area (Å²) in [5.41, 5.74) is 5.26. The number of rotatable bonds is 8. The van der Waals surface area contributed by atoms with Crippen LogP contribution in [0.3, 0.4) is 0 Å². The molecule has 0 heterocycles. The lowest BCUT2D eigenvalue weighted by atomic mass is 10.0. The monoisotopic (exact) mass is 501 g/mol. The lowest BCUT2D eigenvalue weighted by molar-refractivity contribution is -0.139. The minimum atomic E-state index is -4.55. The highest BCUT2D eigenvalue weighted by atomic mass is 31.0. The van der Waals surface area contributed by atoms with Crippen LogP contribution in [-0.4, -0.2) is 29.8 Å². The molecule has 0 aliphatic rings. The first-order valence-corrected chi connectivity index (χ1v) is 10.4. The minimum absolute atomic E-state index is 0.0171. The van der Waals surface area contributed by atoms with Crippen molar-refractivity contribution in [3.8, 4) is 5.75 Å². The molecule has 2 aromatic rings. The number of aliphatic hydroxyl groups is 1. The van der Waals surface area contributed by atoms with E-state index in [4.69, 9.17) is 20.5 Å². The van der Waals surface area contributed by atoms with Crippen molar-refractivity contribution in [3.63, 3.8) is 0 Å². The van der Waals surface area contributed by atoms with Crippen molar-refractivity contribution in [2.75, 3.05) is 13.7 Å². The molecule has 0 aromatic heterocycles. The highest BCUT2D eigenvalue weighted by molar-refractivity contribution is 7.08. The number of alkyl halides is 6. The third kappa shape index (κ3) is 11.7. The largest absolute Gasteiger partial charge is 0.493 e. The molecule has 0 radical (unpaired) electrons. The molecule has 0 aliphatic heterocycles. The van der Waals surface area contributed by atoms with Gasteiger partial charge in [-0.2, -0.15) is 26.3 Å². The van der Waals surface area contributed by atoms with Crippen LogP contribution in [0.2, 0.25) is 0 Å². The zero-order valence-corrected chi connectivity index (χ0v) is 19.5. The van der Waals surface area contributed by atoms with Crippen molar-refractivity contribution in [2.45, 2.75) is 51.0 Å². The summed E-state index contributed by atoms with van der Waals surface area (Å²) in [7, 11) is 2.42. The Bertz CT molecular complexity index is 796. The molecule has 0 amide bonds. The molecular weight excluding hydrogens is 471 g/mol. The van der Waals surface area contributed by atoms with Gasteiger partial charge in [0.1, 0.15) is 5.75 Å². The van der Waals surface area contributed by atoms with E-state index in [0.717, 1.165) is 25.3 Å².